The Labute approximate surface area is 91.2 Å². The summed E-state index contributed by atoms with van der Waals surface area (Å²) in [6.07, 6.45) is -3.01. The Balaban J connectivity index is 2.00. The summed E-state index contributed by atoms with van der Waals surface area (Å²) in [6, 6.07) is 0. The molecule has 3 saturated heterocycles. The number of hydrogen-bond acceptors (Lipinski definition) is 5. The number of alkyl halides is 1. The van der Waals surface area contributed by atoms with Gasteiger partial charge < -0.3 is 19.3 Å². The lowest BCUT2D eigenvalue weighted by atomic mass is 9.91. The smallest absolute Gasteiger partial charge is 0.232 e. The van der Waals surface area contributed by atoms with Gasteiger partial charge in [-0.25, -0.2) is 0 Å². The number of carbonyl (C=O) groups is 1. The molecule has 3 aliphatic rings. The lowest BCUT2D eigenvalue weighted by molar-refractivity contribution is -0.184. The molecule has 0 radical (unpaired) electrons. The van der Waals surface area contributed by atoms with Gasteiger partial charge in [0.2, 0.25) is 10.8 Å². The first-order valence-corrected chi connectivity index (χ1v) is 5.18. The number of ether oxygens (including phenoxy) is 3. The van der Waals surface area contributed by atoms with Crippen molar-refractivity contribution in [2.24, 2.45) is 0 Å². The summed E-state index contributed by atoms with van der Waals surface area (Å²) in [5, 5.41) is 8.01. The minimum atomic E-state index is -1.57. The van der Waals surface area contributed by atoms with Crippen LogP contribution in [0.4, 0.5) is 0 Å². The second-order valence-electron chi connectivity index (χ2n) is 4.56. The van der Waals surface area contributed by atoms with Crippen LogP contribution in [0.15, 0.2) is 0 Å². The third kappa shape index (κ3) is 1.05. The van der Waals surface area contributed by atoms with Gasteiger partial charge in [-0.1, -0.05) is 11.6 Å². The molecule has 84 valence electrons. The maximum absolute atomic E-state index is 11.6. The standard InChI is InChI=1S/C9H11ClO5/c1-8(2)13-5-4-3(11)6(12)9(10,14-4)7(5)15-8/h3-5,7,11H,1-2H3/t3-,4+,5-,7-,9-/m0/s1. The largest absolute Gasteiger partial charge is 0.382 e. The van der Waals surface area contributed by atoms with Gasteiger partial charge in [-0.05, 0) is 13.8 Å². The quantitative estimate of drug-likeness (QED) is 0.588. The van der Waals surface area contributed by atoms with E-state index in [0.29, 0.717) is 0 Å². The molecule has 3 fully saturated rings. The lowest BCUT2D eigenvalue weighted by Gasteiger charge is -2.25. The van der Waals surface area contributed by atoms with Gasteiger partial charge >= 0.3 is 0 Å². The number of carbonyl (C=O) groups excluding carboxylic acids is 1. The summed E-state index contributed by atoms with van der Waals surface area (Å²) < 4.78 is 16.3. The van der Waals surface area contributed by atoms with Crippen molar-refractivity contribution < 1.29 is 24.1 Å². The summed E-state index contributed by atoms with van der Waals surface area (Å²) in [4.78, 5) is 11.6. The zero-order valence-corrected chi connectivity index (χ0v) is 9.02. The molecule has 0 spiro atoms. The maximum Gasteiger partial charge on any atom is 0.232 e. The summed E-state index contributed by atoms with van der Waals surface area (Å²) in [5.74, 6) is -1.32. The SMILES string of the molecule is CC1(C)O[C@H]2[C@@H]3O[C@@](Cl)(C(=O)[C@H]3O)[C@H]2O1. The van der Waals surface area contributed by atoms with Gasteiger partial charge in [0.05, 0.1) is 0 Å². The van der Waals surface area contributed by atoms with Gasteiger partial charge in [-0.3, -0.25) is 4.79 Å². The van der Waals surface area contributed by atoms with E-state index in [1.807, 2.05) is 0 Å². The predicted molar refractivity (Wildman–Crippen MR) is 48.3 cm³/mol. The third-order valence-corrected chi connectivity index (χ3v) is 3.53. The number of rotatable bonds is 0. The van der Waals surface area contributed by atoms with E-state index in [1.165, 1.54) is 0 Å². The van der Waals surface area contributed by atoms with Crippen LogP contribution in [0, 0.1) is 0 Å². The van der Waals surface area contributed by atoms with Crippen molar-refractivity contribution in [2.45, 2.75) is 49.1 Å². The van der Waals surface area contributed by atoms with Crippen molar-refractivity contribution in [1.29, 1.82) is 0 Å². The van der Waals surface area contributed by atoms with E-state index in [0.717, 1.165) is 0 Å². The monoisotopic (exact) mass is 234 g/mol. The molecule has 3 rings (SSSR count). The van der Waals surface area contributed by atoms with E-state index < -0.39 is 41.0 Å². The second-order valence-corrected chi connectivity index (χ2v) is 5.12. The zero-order chi connectivity index (χ0) is 11.0. The fourth-order valence-electron chi connectivity index (χ4n) is 2.44. The average Bonchev–Trinajstić information content (AvgIpc) is 2.64. The molecule has 3 aliphatic heterocycles. The number of aliphatic hydroxyl groups is 1. The molecule has 6 heteroatoms. The van der Waals surface area contributed by atoms with Gasteiger partial charge in [0, 0.05) is 0 Å². The fraction of sp³-hybridized carbons (Fsp3) is 0.889. The Kier molecular flexibility index (Phi) is 1.70. The summed E-state index contributed by atoms with van der Waals surface area (Å²) in [6.45, 7) is 3.48. The highest BCUT2D eigenvalue weighted by molar-refractivity contribution is 6.36. The van der Waals surface area contributed by atoms with Crippen molar-refractivity contribution in [3.8, 4) is 0 Å². The second kappa shape index (κ2) is 2.55. The van der Waals surface area contributed by atoms with Crippen LogP contribution < -0.4 is 0 Å². The van der Waals surface area contributed by atoms with Gasteiger partial charge in [0.25, 0.3) is 0 Å². The Morgan fingerprint density at radius 3 is 2.60 bits per heavy atom. The van der Waals surface area contributed by atoms with Gasteiger partial charge in [0.1, 0.15) is 24.4 Å². The van der Waals surface area contributed by atoms with Crippen LogP contribution in [-0.2, 0) is 19.0 Å². The van der Waals surface area contributed by atoms with E-state index in [2.05, 4.69) is 0 Å². The number of halogens is 1. The maximum atomic E-state index is 11.6. The normalized spacial score (nSPS) is 56.1. The minimum Gasteiger partial charge on any atom is -0.382 e. The van der Waals surface area contributed by atoms with E-state index in [4.69, 9.17) is 25.8 Å². The van der Waals surface area contributed by atoms with Gasteiger partial charge in [-0.15, -0.1) is 0 Å². The molecule has 0 amide bonds. The Bertz CT molecular complexity index is 343. The third-order valence-electron chi connectivity index (χ3n) is 3.04. The number of hydrogen-bond donors (Lipinski definition) is 1. The first kappa shape index (κ1) is 9.99. The molecule has 0 aromatic rings. The summed E-state index contributed by atoms with van der Waals surface area (Å²) >= 11 is 6.03. The zero-order valence-electron chi connectivity index (χ0n) is 8.27. The van der Waals surface area contributed by atoms with Crippen molar-refractivity contribution in [2.75, 3.05) is 0 Å². The van der Waals surface area contributed by atoms with Crippen LogP contribution in [0.25, 0.3) is 0 Å². The molecule has 0 unspecified atom stereocenters. The number of aliphatic hydroxyl groups excluding tert-OH is 1. The van der Waals surface area contributed by atoms with Crippen LogP contribution in [-0.4, -0.2) is 46.2 Å². The van der Waals surface area contributed by atoms with E-state index in [-0.39, 0.29) is 0 Å². The van der Waals surface area contributed by atoms with E-state index >= 15 is 0 Å². The van der Waals surface area contributed by atoms with Crippen molar-refractivity contribution >= 4 is 17.4 Å². The van der Waals surface area contributed by atoms with Crippen LogP contribution in [0.1, 0.15) is 13.8 Å². The Morgan fingerprint density at radius 1 is 1.27 bits per heavy atom. The Hall–Kier alpha value is -0.200. The molecule has 5 nitrogen and oxygen atoms in total. The molecule has 3 heterocycles. The molecule has 2 bridgehead atoms. The van der Waals surface area contributed by atoms with Crippen LogP contribution in [0.5, 0.6) is 0 Å². The van der Waals surface area contributed by atoms with Crippen LogP contribution in [0.2, 0.25) is 0 Å². The molecular weight excluding hydrogens is 224 g/mol. The predicted octanol–water partition coefficient (Wildman–Crippen LogP) is -0.216. The van der Waals surface area contributed by atoms with Gasteiger partial charge in [0.15, 0.2) is 5.79 Å². The molecule has 0 aromatic heterocycles. The number of fused-ring (bicyclic) bond motifs is 5. The molecule has 0 saturated carbocycles. The van der Waals surface area contributed by atoms with E-state index in [1.54, 1.807) is 13.8 Å². The highest BCUT2D eigenvalue weighted by Crippen LogP contribution is 2.52. The molecule has 5 atom stereocenters. The first-order valence-electron chi connectivity index (χ1n) is 4.80. The number of Topliss-reactive ketones (excluding diaryl/α,β-unsaturated/α-hetero) is 1. The highest BCUT2D eigenvalue weighted by Gasteiger charge is 2.73. The number of ketones is 1. The van der Waals surface area contributed by atoms with E-state index in [9.17, 15) is 9.90 Å². The minimum absolute atomic E-state index is 0.467. The summed E-state index contributed by atoms with van der Waals surface area (Å²) in [7, 11) is 0. The van der Waals surface area contributed by atoms with Crippen LogP contribution in [0.3, 0.4) is 0 Å². The van der Waals surface area contributed by atoms with Gasteiger partial charge in [-0.2, -0.15) is 0 Å². The molecule has 1 N–H and O–H groups in total. The topological polar surface area (TPSA) is 65.0 Å². The lowest BCUT2D eigenvalue weighted by Crippen LogP contribution is -2.53. The van der Waals surface area contributed by atoms with Crippen molar-refractivity contribution in [3.63, 3.8) is 0 Å². The van der Waals surface area contributed by atoms with Crippen molar-refractivity contribution in [3.05, 3.63) is 0 Å². The fourth-order valence-corrected chi connectivity index (χ4v) is 2.83. The summed E-state index contributed by atoms with van der Waals surface area (Å²) in [5.41, 5.74) is 0. The van der Waals surface area contributed by atoms with Crippen molar-refractivity contribution in [1.82, 2.24) is 0 Å². The molecule has 15 heavy (non-hydrogen) atoms. The highest BCUT2D eigenvalue weighted by atomic mass is 35.5. The Morgan fingerprint density at radius 2 is 1.93 bits per heavy atom. The first-order chi connectivity index (χ1) is 6.85. The molecule has 0 aromatic carbocycles. The molecular formula is C9H11ClO5. The molecule has 0 aliphatic carbocycles. The average molecular weight is 235 g/mol. The van der Waals surface area contributed by atoms with Crippen LogP contribution >= 0.6 is 11.6 Å².